The minimum atomic E-state index is -3.61. The molecule has 2 aliphatic rings. The lowest BCUT2D eigenvalue weighted by molar-refractivity contribution is -0.00157. The number of aryl methyl sites for hydroxylation is 3. The third-order valence-electron chi connectivity index (χ3n) is 13.0. The SMILES string of the molecule is CCCC[C@]1(CC)CCc2ccc(C=O)cc2[C@H](c2cccc(C)c2)[C@@H]1O.CCCC[C@]1(CC)CS(=O)(=O)c2ccc(C=O)cc2[C@@H](c2cccc(C)c2)[C@H]1O. The van der Waals surface area contributed by atoms with Crippen LogP contribution in [0.15, 0.2) is 89.8 Å². The Morgan fingerprint density at radius 3 is 1.68 bits per heavy atom. The molecule has 1 heterocycles. The molecule has 6 nitrogen and oxygen atoms in total. The molecule has 56 heavy (non-hydrogen) atoms. The predicted octanol–water partition coefficient (Wildman–Crippen LogP) is 10.5. The van der Waals surface area contributed by atoms with Crippen LogP contribution in [0.3, 0.4) is 0 Å². The molecular weight excluding hydrogens is 717 g/mol. The molecule has 4 aromatic rings. The standard InChI is InChI=1S/C25H32O2.C24H30O4S/c1-4-6-13-25(5-2)14-12-20-11-10-19(17-26)16-22(20)23(24(25)27)21-9-7-8-18(3)15-21;1-4-6-12-24(5-2)16-29(27,28)21-11-10-18(15-25)14-20(21)22(23(24)26)19-9-7-8-17(3)13-19/h7-11,15-17,23-24,27H,4-6,12-14H2,1-3H3;7-11,13-15,22-23,26H,4-6,12,16H2,1-3H3/t23-,24-,25+;22-,23-,24-/m01/s1. The lowest BCUT2D eigenvalue weighted by Gasteiger charge is -2.40. The van der Waals surface area contributed by atoms with Crippen LogP contribution >= 0.6 is 0 Å². The summed E-state index contributed by atoms with van der Waals surface area (Å²) in [6.07, 6.45) is 9.63. The van der Waals surface area contributed by atoms with Gasteiger partial charge >= 0.3 is 0 Å². The van der Waals surface area contributed by atoms with Crippen molar-refractivity contribution in [2.24, 2.45) is 10.8 Å². The quantitative estimate of drug-likeness (QED) is 0.110. The van der Waals surface area contributed by atoms with E-state index in [2.05, 4.69) is 58.0 Å². The predicted molar refractivity (Wildman–Crippen MR) is 227 cm³/mol. The average molecular weight is 779 g/mol. The maximum Gasteiger partial charge on any atom is 0.179 e. The summed E-state index contributed by atoms with van der Waals surface area (Å²) in [7, 11) is -3.61. The Labute approximate surface area is 335 Å². The van der Waals surface area contributed by atoms with E-state index >= 15 is 0 Å². The normalized spacial score (nSPS) is 25.4. The molecule has 0 unspecified atom stereocenters. The molecule has 2 N–H and O–H groups in total. The maximum atomic E-state index is 13.4. The molecule has 0 saturated heterocycles. The van der Waals surface area contributed by atoms with Gasteiger partial charge in [0.15, 0.2) is 9.84 Å². The first-order chi connectivity index (χ1) is 26.8. The Bertz CT molecular complexity index is 2090. The zero-order valence-electron chi connectivity index (χ0n) is 34.3. The Balaban J connectivity index is 0.000000215. The molecule has 1 aliphatic carbocycles. The summed E-state index contributed by atoms with van der Waals surface area (Å²) >= 11 is 0. The number of hydrogen-bond donors (Lipinski definition) is 2. The fourth-order valence-electron chi connectivity index (χ4n) is 9.54. The number of rotatable bonds is 12. The van der Waals surface area contributed by atoms with Crippen LogP contribution in [0, 0.1) is 24.7 Å². The number of carbonyl (C=O) groups excluding carboxylic acids is 2. The van der Waals surface area contributed by atoms with Crippen LogP contribution < -0.4 is 0 Å². The number of sulfone groups is 1. The minimum absolute atomic E-state index is 0.0760. The molecule has 6 rings (SSSR count). The van der Waals surface area contributed by atoms with E-state index in [-0.39, 0.29) is 22.0 Å². The molecule has 4 aromatic carbocycles. The van der Waals surface area contributed by atoms with Gasteiger partial charge in [-0.1, -0.05) is 131 Å². The van der Waals surface area contributed by atoms with Crippen molar-refractivity contribution in [3.8, 4) is 0 Å². The van der Waals surface area contributed by atoms with Gasteiger partial charge in [-0.3, -0.25) is 9.59 Å². The van der Waals surface area contributed by atoms with Crippen molar-refractivity contribution in [3.63, 3.8) is 0 Å². The zero-order valence-corrected chi connectivity index (χ0v) is 35.1. The van der Waals surface area contributed by atoms with Crippen LogP contribution in [-0.2, 0) is 16.3 Å². The van der Waals surface area contributed by atoms with Crippen LogP contribution in [0.5, 0.6) is 0 Å². The van der Waals surface area contributed by atoms with E-state index < -0.39 is 33.4 Å². The molecule has 0 amide bonds. The highest BCUT2D eigenvalue weighted by molar-refractivity contribution is 7.91. The fraction of sp³-hybridized carbons (Fsp3) is 0.469. The van der Waals surface area contributed by atoms with Crippen molar-refractivity contribution in [2.45, 2.75) is 135 Å². The van der Waals surface area contributed by atoms with E-state index in [1.165, 1.54) is 17.2 Å². The Morgan fingerprint density at radius 1 is 0.661 bits per heavy atom. The Morgan fingerprint density at radius 2 is 1.16 bits per heavy atom. The van der Waals surface area contributed by atoms with Gasteiger partial charge in [0.1, 0.15) is 12.6 Å². The van der Waals surface area contributed by atoms with Gasteiger partial charge < -0.3 is 10.2 Å². The largest absolute Gasteiger partial charge is 0.392 e. The summed E-state index contributed by atoms with van der Waals surface area (Å²) in [5.74, 6) is -0.661. The minimum Gasteiger partial charge on any atom is -0.392 e. The topological polar surface area (TPSA) is 109 Å². The van der Waals surface area contributed by atoms with Gasteiger partial charge in [-0.2, -0.15) is 0 Å². The number of unbranched alkanes of at least 4 members (excludes halogenated alkanes) is 2. The van der Waals surface area contributed by atoms with Crippen molar-refractivity contribution in [1.82, 2.24) is 0 Å². The summed E-state index contributed by atoms with van der Waals surface area (Å²) in [6.45, 7) is 12.6. The summed E-state index contributed by atoms with van der Waals surface area (Å²) in [5, 5.41) is 23.5. The first-order valence-corrected chi connectivity index (χ1v) is 22.4. The molecule has 7 heteroatoms. The smallest absolute Gasteiger partial charge is 0.179 e. The van der Waals surface area contributed by atoms with Gasteiger partial charge in [-0.25, -0.2) is 8.42 Å². The van der Waals surface area contributed by atoms with E-state index in [1.807, 2.05) is 50.2 Å². The van der Waals surface area contributed by atoms with E-state index in [4.69, 9.17) is 0 Å². The number of aliphatic hydroxyl groups is 2. The van der Waals surface area contributed by atoms with Gasteiger partial charge in [-0.15, -0.1) is 0 Å². The lowest BCUT2D eigenvalue weighted by Crippen LogP contribution is -2.42. The van der Waals surface area contributed by atoms with E-state index in [9.17, 15) is 28.2 Å². The highest BCUT2D eigenvalue weighted by Gasteiger charge is 2.49. The van der Waals surface area contributed by atoms with Crippen molar-refractivity contribution in [3.05, 3.63) is 135 Å². The number of aliphatic hydroxyl groups excluding tert-OH is 2. The average Bonchev–Trinajstić information content (AvgIpc) is 3.36. The highest BCUT2D eigenvalue weighted by Crippen LogP contribution is 2.50. The summed E-state index contributed by atoms with van der Waals surface area (Å²) in [4.78, 5) is 23.1. The Kier molecular flexibility index (Phi) is 14.3. The fourth-order valence-corrected chi connectivity index (χ4v) is 11.8. The first kappa shape index (κ1) is 43.2. The van der Waals surface area contributed by atoms with Crippen molar-refractivity contribution < 1.29 is 28.2 Å². The van der Waals surface area contributed by atoms with E-state index in [0.717, 1.165) is 86.2 Å². The van der Waals surface area contributed by atoms with Gasteiger partial charge in [0, 0.05) is 28.4 Å². The monoisotopic (exact) mass is 778 g/mol. The highest BCUT2D eigenvalue weighted by atomic mass is 32.2. The van der Waals surface area contributed by atoms with Gasteiger partial charge in [0.25, 0.3) is 0 Å². The van der Waals surface area contributed by atoms with Gasteiger partial charge in [0.2, 0.25) is 0 Å². The van der Waals surface area contributed by atoms with Crippen LogP contribution in [0.2, 0.25) is 0 Å². The summed E-state index contributed by atoms with van der Waals surface area (Å²) < 4.78 is 26.8. The molecule has 1 aliphatic heterocycles. The lowest BCUT2D eigenvalue weighted by atomic mass is 9.67. The molecule has 0 bridgehead atoms. The second kappa shape index (κ2) is 18.6. The number of hydrogen-bond acceptors (Lipinski definition) is 6. The van der Waals surface area contributed by atoms with Crippen molar-refractivity contribution in [2.75, 3.05) is 5.75 Å². The van der Waals surface area contributed by atoms with Crippen LogP contribution in [0.25, 0.3) is 0 Å². The van der Waals surface area contributed by atoms with Crippen LogP contribution in [0.1, 0.15) is 157 Å². The second-order valence-electron chi connectivity index (χ2n) is 16.6. The van der Waals surface area contributed by atoms with Crippen molar-refractivity contribution >= 4 is 22.4 Å². The van der Waals surface area contributed by atoms with E-state index in [1.54, 1.807) is 12.1 Å². The molecule has 0 aromatic heterocycles. The second-order valence-corrected chi connectivity index (χ2v) is 18.5. The molecule has 0 spiro atoms. The number of fused-ring (bicyclic) bond motifs is 2. The third-order valence-corrected chi connectivity index (χ3v) is 15.0. The van der Waals surface area contributed by atoms with Gasteiger partial charge in [0.05, 0.1) is 22.9 Å². The number of carbonyl (C=O) groups is 2. The molecule has 0 radical (unpaired) electrons. The Hall–Kier alpha value is -3.91. The summed E-state index contributed by atoms with van der Waals surface area (Å²) in [6, 6.07) is 27.1. The van der Waals surface area contributed by atoms with Crippen molar-refractivity contribution in [1.29, 1.82) is 0 Å². The molecule has 0 fully saturated rings. The molecular formula is C49H62O6S. The third kappa shape index (κ3) is 8.96. The van der Waals surface area contributed by atoms with Crippen LogP contribution in [-0.4, -0.2) is 49.2 Å². The van der Waals surface area contributed by atoms with E-state index in [0.29, 0.717) is 29.5 Å². The maximum absolute atomic E-state index is 13.4. The summed E-state index contributed by atoms with van der Waals surface area (Å²) in [5.41, 5.74) is 7.52. The molecule has 6 atom stereocenters. The first-order valence-electron chi connectivity index (χ1n) is 20.7. The molecule has 300 valence electrons. The zero-order chi connectivity index (χ0) is 40.7. The van der Waals surface area contributed by atoms with Gasteiger partial charge in [-0.05, 0) is 104 Å². The number of benzene rings is 4. The number of aldehydes is 2. The van der Waals surface area contributed by atoms with Crippen LogP contribution in [0.4, 0.5) is 0 Å². The molecule has 0 saturated carbocycles.